The van der Waals surface area contributed by atoms with Crippen molar-refractivity contribution in [2.24, 2.45) is 0 Å². The van der Waals surface area contributed by atoms with E-state index in [9.17, 15) is 4.79 Å². The number of aromatic nitrogens is 1. The van der Waals surface area contributed by atoms with E-state index in [0.717, 1.165) is 25.3 Å². The van der Waals surface area contributed by atoms with E-state index < -0.39 is 0 Å². The Morgan fingerprint density at radius 3 is 2.89 bits per heavy atom. The minimum Gasteiger partial charge on any atom is -0.380 e. The van der Waals surface area contributed by atoms with Crippen molar-refractivity contribution in [1.82, 2.24) is 9.88 Å². The third-order valence-electron chi connectivity index (χ3n) is 3.16. The van der Waals surface area contributed by atoms with Crippen LogP contribution in [0.4, 0.5) is 5.82 Å². The van der Waals surface area contributed by atoms with E-state index in [1.54, 1.807) is 27.3 Å². The number of ether oxygens (including phenoxy) is 1. The van der Waals surface area contributed by atoms with Gasteiger partial charge in [0.25, 0.3) is 5.91 Å². The summed E-state index contributed by atoms with van der Waals surface area (Å²) in [6.07, 6.45) is 1.27. The lowest BCUT2D eigenvalue weighted by molar-refractivity contribution is 0.0822. The average molecular weight is 249 g/mol. The third kappa shape index (κ3) is 2.61. The summed E-state index contributed by atoms with van der Waals surface area (Å²) >= 11 is 0. The first kappa shape index (κ1) is 12.8. The summed E-state index contributed by atoms with van der Waals surface area (Å²) in [5.41, 5.74) is 0.485. The number of carbonyl (C=O) groups is 1. The summed E-state index contributed by atoms with van der Waals surface area (Å²) in [7, 11) is 5.19. The lowest BCUT2D eigenvalue weighted by atomic mass is 10.3. The Kier molecular flexibility index (Phi) is 3.81. The van der Waals surface area contributed by atoms with E-state index in [0.29, 0.717) is 5.69 Å². The molecule has 1 saturated heterocycles. The maximum atomic E-state index is 11.9. The number of amides is 1. The van der Waals surface area contributed by atoms with Crippen molar-refractivity contribution in [1.29, 1.82) is 0 Å². The maximum absolute atomic E-state index is 11.9. The number of hydrogen-bond donors (Lipinski definition) is 0. The monoisotopic (exact) mass is 249 g/mol. The average Bonchev–Trinajstić information content (AvgIpc) is 2.86. The molecule has 1 atom stereocenters. The Morgan fingerprint density at radius 1 is 1.50 bits per heavy atom. The highest BCUT2D eigenvalue weighted by Gasteiger charge is 2.23. The van der Waals surface area contributed by atoms with Crippen molar-refractivity contribution < 1.29 is 9.53 Å². The Morgan fingerprint density at radius 2 is 2.28 bits per heavy atom. The normalized spacial score (nSPS) is 19.1. The fourth-order valence-electron chi connectivity index (χ4n) is 2.08. The van der Waals surface area contributed by atoms with Crippen molar-refractivity contribution in [2.45, 2.75) is 12.5 Å². The smallest absolute Gasteiger partial charge is 0.272 e. The molecule has 1 aromatic heterocycles. The minimum atomic E-state index is -0.0701. The molecule has 1 aliphatic rings. The van der Waals surface area contributed by atoms with Gasteiger partial charge >= 0.3 is 0 Å². The van der Waals surface area contributed by atoms with Gasteiger partial charge in [-0.15, -0.1) is 0 Å². The first-order valence-corrected chi connectivity index (χ1v) is 6.08. The lowest BCUT2D eigenvalue weighted by Crippen LogP contribution is -2.26. The molecule has 5 nitrogen and oxygen atoms in total. The predicted octanol–water partition coefficient (Wildman–Crippen LogP) is 1.01. The van der Waals surface area contributed by atoms with Gasteiger partial charge in [0, 0.05) is 34.3 Å². The number of rotatable bonds is 3. The SMILES string of the molecule is COC1CCN(c2cccc(C(=O)N(C)C)n2)C1. The number of hydrogen-bond acceptors (Lipinski definition) is 4. The van der Waals surface area contributed by atoms with Gasteiger partial charge in [-0.2, -0.15) is 0 Å². The van der Waals surface area contributed by atoms with Gasteiger partial charge in [-0.25, -0.2) is 4.98 Å². The molecule has 2 rings (SSSR count). The summed E-state index contributed by atoms with van der Waals surface area (Å²) in [5, 5.41) is 0. The second-order valence-electron chi connectivity index (χ2n) is 4.67. The Balaban J connectivity index is 2.15. The van der Waals surface area contributed by atoms with Crippen LogP contribution in [0.5, 0.6) is 0 Å². The molecule has 0 N–H and O–H groups in total. The summed E-state index contributed by atoms with van der Waals surface area (Å²) in [4.78, 5) is 20.0. The molecule has 0 radical (unpaired) electrons. The summed E-state index contributed by atoms with van der Waals surface area (Å²) < 4.78 is 5.33. The first-order valence-electron chi connectivity index (χ1n) is 6.08. The lowest BCUT2D eigenvalue weighted by Gasteiger charge is -2.18. The first-order chi connectivity index (χ1) is 8.61. The molecule has 1 amide bonds. The zero-order chi connectivity index (χ0) is 13.1. The van der Waals surface area contributed by atoms with Gasteiger partial charge in [-0.1, -0.05) is 6.07 Å². The van der Waals surface area contributed by atoms with Crippen LogP contribution in [-0.2, 0) is 4.74 Å². The summed E-state index contributed by atoms with van der Waals surface area (Å²) in [5.74, 6) is 0.779. The van der Waals surface area contributed by atoms with Gasteiger partial charge in [0.1, 0.15) is 11.5 Å². The summed E-state index contributed by atoms with van der Waals surface area (Å²) in [6, 6.07) is 5.55. The van der Waals surface area contributed by atoms with Crippen LogP contribution in [-0.4, -0.2) is 56.2 Å². The molecule has 0 aliphatic carbocycles. The molecule has 1 aliphatic heterocycles. The quantitative estimate of drug-likeness (QED) is 0.802. The number of pyridine rings is 1. The van der Waals surface area contributed by atoms with Gasteiger partial charge < -0.3 is 14.5 Å². The highest BCUT2D eigenvalue weighted by molar-refractivity contribution is 5.92. The van der Waals surface area contributed by atoms with E-state index in [-0.39, 0.29) is 12.0 Å². The zero-order valence-corrected chi connectivity index (χ0v) is 11.1. The van der Waals surface area contributed by atoms with E-state index in [1.165, 1.54) is 4.90 Å². The number of methoxy groups -OCH3 is 1. The molecule has 98 valence electrons. The van der Waals surface area contributed by atoms with Crippen molar-refractivity contribution in [3.8, 4) is 0 Å². The fraction of sp³-hybridized carbons (Fsp3) is 0.538. The van der Waals surface area contributed by atoms with E-state index in [2.05, 4.69) is 9.88 Å². The van der Waals surface area contributed by atoms with Gasteiger partial charge in [-0.05, 0) is 18.6 Å². The van der Waals surface area contributed by atoms with Crippen LogP contribution >= 0.6 is 0 Å². The van der Waals surface area contributed by atoms with Crippen LogP contribution in [0.15, 0.2) is 18.2 Å². The molecule has 0 bridgehead atoms. The van der Waals surface area contributed by atoms with Crippen LogP contribution in [0.2, 0.25) is 0 Å². The van der Waals surface area contributed by atoms with Crippen molar-refractivity contribution >= 4 is 11.7 Å². The summed E-state index contributed by atoms with van der Waals surface area (Å²) in [6.45, 7) is 1.76. The number of anilines is 1. The topological polar surface area (TPSA) is 45.7 Å². The van der Waals surface area contributed by atoms with Crippen LogP contribution in [0.1, 0.15) is 16.9 Å². The second kappa shape index (κ2) is 5.35. The van der Waals surface area contributed by atoms with E-state index in [4.69, 9.17) is 4.74 Å². The predicted molar refractivity (Wildman–Crippen MR) is 69.9 cm³/mol. The third-order valence-corrected chi connectivity index (χ3v) is 3.16. The van der Waals surface area contributed by atoms with Crippen LogP contribution < -0.4 is 4.90 Å². The molecule has 0 saturated carbocycles. The van der Waals surface area contributed by atoms with Gasteiger partial charge in [-0.3, -0.25) is 4.79 Å². The van der Waals surface area contributed by atoms with Crippen molar-refractivity contribution in [3.05, 3.63) is 23.9 Å². The van der Waals surface area contributed by atoms with Gasteiger partial charge in [0.2, 0.25) is 0 Å². The highest BCUT2D eigenvalue weighted by Crippen LogP contribution is 2.19. The molecule has 1 fully saturated rings. The number of carbonyl (C=O) groups excluding carboxylic acids is 1. The molecule has 5 heteroatoms. The van der Waals surface area contributed by atoms with Gasteiger partial charge in [0.05, 0.1) is 6.10 Å². The molecular weight excluding hydrogens is 230 g/mol. The Hall–Kier alpha value is -1.62. The van der Waals surface area contributed by atoms with Crippen molar-refractivity contribution in [3.63, 3.8) is 0 Å². The van der Waals surface area contributed by atoms with Crippen LogP contribution in [0.3, 0.4) is 0 Å². The van der Waals surface area contributed by atoms with Gasteiger partial charge in [0.15, 0.2) is 0 Å². The van der Waals surface area contributed by atoms with Crippen LogP contribution in [0, 0.1) is 0 Å². The zero-order valence-electron chi connectivity index (χ0n) is 11.1. The van der Waals surface area contributed by atoms with Crippen LogP contribution in [0.25, 0.3) is 0 Å². The van der Waals surface area contributed by atoms with Crippen molar-refractivity contribution in [2.75, 3.05) is 39.2 Å². The Bertz CT molecular complexity index is 434. The second-order valence-corrected chi connectivity index (χ2v) is 4.67. The standard InChI is InChI=1S/C13H19N3O2/c1-15(2)13(17)11-5-4-6-12(14-11)16-8-7-10(9-16)18-3/h4-6,10H,7-9H2,1-3H3. The van der Waals surface area contributed by atoms with E-state index in [1.807, 2.05) is 12.1 Å². The number of nitrogens with zero attached hydrogens (tertiary/aromatic N) is 3. The van der Waals surface area contributed by atoms with E-state index >= 15 is 0 Å². The molecule has 0 spiro atoms. The molecule has 0 aromatic carbocycles. The fourth-order valence-corrected chi connectivity index (χ4v) is 2.08. The molecule has 1 unspecified atom stereocenters. The molecule has 2 heterocycles. The molecule has 18 heavy (non-hydrogen) atoms. The minimum absolute atomic E-state index is 0.0701. The molecule has 1 aromatic rings. The Labute approximate surface area is 107 Å². The maximum Gasteiger partial charge on any atom is 0.272 e. The largest absolute Gasteiger partial charge is 0.380 e. The highest BCUT2D eigenvalue weighted by atomic mass is 16.5. The molecular formula is C13H19N3O2.